The average molecular weight is 594 g/mol. The Balaban J connectivity index is 1.58. The molecular weight excluding hydrogens is 563 g/mol. The van der Waals surface area contributed by atoms with Gasteiger partial charge in [0.1, 0.15) is 18.1 Å². The van der Waals surface area contributed by atoms with Crippen LogP contribution in [0.2, 0.25) is 5.02 Å². The lowest BCUT2D eigenvalue weighted by Crippen LogP contribution is -2.61. The molecule has 2 fully saturated rings. The summed E-state index contributed by atoms with van der Waals surface area (Å²) in [5.74, 6) is -4.10. The number of nitrogens with one attached hydrogen (secondary N) is 3. The molecule has 41 heavy (non-hydrogen) atoms. The maximum absolute atomic E-state index is 13.6. The van der Waals surface area contributed by atoms with E-state index in [0.717, 1.165) is 0 Å². The fourth-order valence-corrected chi connectivity index (χ4v) is 6.00. The third-order valence-electron chi connectivity index (χ3n) is 8.19. The van der Waals surface area contributed by atoms with Crippen LogP contribution < -0.4 is 16.2 Å². The summed E-state index contributed by atoms with van der Waals surface area (Å²) in [6.45, 7) is 8.52. The van der Waals surface area contributed by atoms with Crippen molar-refractivity contribution in [3.63, 3.8) is 0 Å². The maximum Gasteiger partial charge on any atom is 0.471 e. The number of hydrogen-bond donors (Lipinski definition) is 3. The van der Waals surface area contributed by atoms with Crippen LogP contribution >= 0.6 is 11.6 Å². The maximum atomic E-state index is 13.6. The van der Waals surface area contributed by atoms with Crippen molar-refractivity contribution < 1.29 is 27.6 Å². The van der Waals surface area contributed by atoms with Crippen LogP contribution in [-0.4, -0.2) is 58.5 Å². The first-order chi connectivity index (χ1) is 18.9. The highest BCUT2D eigenvalue weighted by molar-refractivity contribution is 6.31. The Kier molecular flexibility index (Phi) is 7.67. The number of likely N-dealkylation sites (tertiary alicyclic amines) is 1. The molecule has 1 saturated heterocycles. The second kappa shape index (κ2) is 10.4. The van der Waals surface area contributed by atoms with Crippen molar-refractivity contribution in [1.29, 1.82) is 5.26 Å². The Hall–Kier alpha value is -3.59. The predicted octanol–water partition coefficient (Wildman–Crippen LogP) is 3.31. The van der Waals surface area contributed by atoms with E-state index < -0.39 is 53.0 Å². The van der Waals surface area contributed by atoms with Crippen LogP contribution in [0.4, 0.5) is 13.2 Å². The van der Waals surface area contributed by atoms with E-state index in [-0.39, 0.29) is 35.8 Å². The summed E-state index contributed by atoms with van der Waals surface area (Å²) in [6, 6.07) is 4.72. The first-order valence-electron chi connectivity index (χ1n) is 13.1. The molecule has 5 atom stereocenters. The lowest BCUT2D eigenvalue weighted by atomic mass is 9.85. The number of fused-ring (bicyclic) bond motifs is 2. The summed E-state index contributed by atoms with van der Waals surface area (Å²) >= 11 is 6.05. The normalized spacial score (nSPS) is 22.8. The molecule has 13 heteroatoms. The lowest BCUT2D eigenvalue weighted by Gasteiger charge is -2.37. The lowest BCUT2D eigenvalue weighted by molar-refractivity contribution is -0.176. The summed E-state index contributed by atoms with van der Waals surface area (Å²) in [7, 11) is 0. The van der Waals surface area contributed by atoms with Gasteiger partial charge in [-0.1, -0.05) is 46.2 Å². The molecule has 1 aliphatic heterocycles. The van der Waals surface area contributed by atoms with Crippen molar-refractivity contribution in [1.82, 2.24) is 20.5 Å². The van der Waals surface area contributed by atoms with Crippen molar-refractivity contribution in [2.24, 2.45) is 22.7 Å². The van der Waals surface area contributed by atoms with Gasteiger partial charge in [0.05, 0.1) is 6.07 Å². The van der Waals surface area contributed by atoms with Gasteiger partial charge in [-0.3, -0.25) is 19.2 Å². The molecule has 2 aromatic rings. The van der Waals surface area contributed by atoms with Crippen LogP contribution in [0.5, 0.6) is 0 Å². The summed E-state index contributed by atoms with van der Waals surface area (Å²) in [6.07, 6.45) is -5.33. The molecule has 1 saturated carbocycles. The summed E-state index contributed by atoms with van der Waals surface area (Å²) in [5, 5.41) is 15.3. The SMILES string of the molecule is CC(C)(C)[C@H](NC(=O)C(F)(F)F)C(=O)N1C[C@H]2[C@@H]([C@H]1C(=O)NC(C#N)Cc1cc3cc(Cl)ccc3[nH]c1=O)C2(C)C. The van der Waals surface area contributed by atoms with E-state index in [1.165, 1.54) is 25.7 Å². The van der Waals surface area contributed by atoms with Crippen molar-refractivity contribution >= 4 is 40.2 Å². The molecule has 1 aliphatic carbocycles. The third kappa shape index (κ3) is 5.91. The number of nitriles is 1. The first-order valence-corrected chi connectivity index (χ1v) is 13.4. The number of aromatic amines is 1. The van der Waals surface area contributed by atoms with Gasteiger partial charge in [0.15, 0.2) is 0 Å². The van der Waals surface area contributed by atoms with Crippen LogP contribution in [0, 0.1) is 34.0 Å². The number of aromatic nitrogens is 1. The molecular formula is C28H31ClF3N5O4. The molecule has 0 radical (unpaired) electrons. The Morgan fingerprint density at radius 2 is 1.85 bits per heavy atom. The predicted molar refractivity (Wildman–Crippen MR) is 145 cm³/mol. The third-order valence-corrected chi connectivity index (χ3v) is 8.42. The molecule has 1 unspecified atom stereocenters. The summed E-state index contributed by atoms with van der Waals surface area (Å²) in [4.78, 5) is 55.6. The van der Waals surface area contributed by atoms with Crippen LogP contribution in [0.3, 0.4) is 0 Å². The molecule has 3 N–H and O–H groups in total. The van der Waals surface area contributed by atoms with E-state index in [4.69, 9.17) is 11.6 Å². The first kappa shape index (κ1) is 30.4. The van der Waals surface area contributed by atoms with E-state index in [2.05, 4.69) is 10.3 Å². The molecule has 1 aromatic heterocycles. The van der Waals surface area contributed by atoms with Gasteiger partial charge in [0, 0.05) is 29.1 Å². The van der Waals surface area contributed by atoms with Gasteiger partial charge in [-0.25, -0.2) is 0 Å². The average Bonchev–Trinajstić information content (AvgIpc) is 3.19. The van der Waals surface area contributed by atoms with E-state index in [9.17, 15) is 37.6 Å². The van der Waals surface area contributed by atoms with E-state index in [0.29, 0.717) is 15.9 Å². The van der Waals surface area contributed by atoms with Crippen LogP contribution in [0.15, 0.2) is 29.1 Å². The van der Waals surface area contributed by atoms with E-state index in [1.54, 1.807) is 29.6 Å². The molecule has 0 bridgehead atoms. The topological polar surface area (TPSA) is 135 Å². The minimum atomic E-state index is -5.19. The number of nitrogens with zero attached hydrogens (tertiary/aromatic N) is 2. The van der Waals surface area contributed by atoms with E-state index in [1.807, 2.05) is 19.9 Å². The highest BCUT2D eigenvalue weighted by atomic mass is 35.5. The largest absolute Gasteiger partial charge is 0.471 e. The van der Waals surface area contributed by atoms with Crippen LogP contribution in [-0.2, 0) is 20.8 Å². The van der Waals surface area contributed by atoms with Crippen molar-refractivity contribution in [3.8, 4) is 6.07 Å². The zero-order chi connectivity index (χ0) is 30.7. The van der Waals surface area contributed by atoms with Gasteiger partial charge in [0.25, 0.3) is 5.56 Å². The molecule has 4 rings (SSSR count). The Labute approximate surface area is 239 Å². The number of amides is 3. The zero-order valence-electron chi connectivity index (χ0n) is 23.1. The van der Waals surface area contributed by atoms with Gasteiger partial charge < -0.3 is 20.5 Å². The number of rotatable bonds is 6. The molecule has 3 amide bonds. The molecule has 9 nitrogen and oxygen atoms in total. The molecule has 2 heterocycles. The Bertz CT molecular complexity index is 1510. The van der Waals surface area contributed by atoms with Crippen molar-refractivity contribution in [3.05, 3.63) is 45.2 Å². The zero-order valence-corrected chi connectivity index (χ0v) is 23.9. The minimum absolute atomic E-state index is 0.0882. The standard InChI is InChI=1S/C28H31ClF3N5O4/c1-26(2,3)21(36-25(41)28(30,31)32)24(40)37-12-17-19(27(17,4)5)20(37)23(39)34-16(11-33)10-14-8-13-9-15(29)6-7-18(13)35-22(14)38/h6-9,16-17,19-21H,10,12H2,1-5H3,(H,34,39)(H,35,38)(H,36,41)/t16?,17-,19-,20-,21+/m0/s1. The number of pyridine rings is 1. The smallest absolute Gasteiger partial charge is 0.338 e. The molecule has 220 valence electrons. The van der Waals surface area contributed by atoms with Gasteiger partial charge in [-0.05, 0) is 52.3 Å². The molecule has 0 spiro atoms. The number of piperidine rings is 1. The van der Waals surface area contributed by atoms with Gasteiger partial charge in [-0.2, -0.15) is 18.4 Å². The Morgan fingerprint density at radius 3 is 2.44 bits per heavy atom. The number of H-pyrrole nitrogens is 1. The quantitative estimate of drug-likeness (QED) is 0.472. The fraction of sp³-hybridized carbons (Fsp3) is 0.536. The van der Waals surface area contributed by atoms with Crippen molar-refractivity contribution in [2.45, 2.75) is 65.3 Å². The second-order valence-corrected chi connectivity index (χ2v) is 12.8. The fourth-order valence-electron chi connectivity index (χ4n) is 5.82. The van der Waals surface area contributed by atoms with Crippen molar-refractivity contribution in [2.75, 3.05) is 6.54 Å². The van der Waals surface area contributed by atoms with Crippen LogP contribution in [0.1, 0.15) is 40.2 Å². The molecule has 1 aromatic carbocycles. The molecule has 2 aliphatic rings. The minimum Gasteiger partial charge on any atom is -0.338 e. The highest BCUT2D eigenvalue weighted by Gasteiger charge is 2.70. The summed E-state index contributed by atoms with van der Waals surface area (Å²) in [5.41, 5.74) is -1.07. The Morgan fingerprint density at radius 1 is 1.20 bits per heavy atom. The number of alkyl halides is 3. The van der Waals surface area contributed by atoms with E-state index >= 15 is 0 Å². The van der Waals surface area contributed by atoms with Gasteiger partial charge in [-0.15, -0.1) is 0 Å². The monoisotopic (exact) mass is 593 g/mol. The second-order valence-electron chi connectivity index (χ2n) is 12.4. The highest BCUT2D eigenvalue weighted by Crippen LogP contribution is 2.65. The number of benzene rings is 1. The van der Waals surface area contributed by atoms with Gasteiger partial charge >= 0.3 is 12.1 Å². The van der Waals surface area contributed by atoms with Crippen LogP contribution in [0.25, 0.3) is 10.9 Å². The number of carbonyl (C=O) groups excluding carboxylic acids is 3. The number of hydrogen-bond acceptors (Lipinski definition) is 5. The van der Waals surface area contributed by atoms with Gasteiger partial charge in [0.2, 0.25) is 11.8 Å². The number of halogens is 4. The summed E-state index contributed by atoms with van der Waals surface area (Å²) < 4.78 is 39.1. The number of carbonyl (C=O) groups is 3.